The van der Waals surface area contributed by atoms with Gasteiger partial charge in [-0.3, -0.25) is 14.7 Å². The number of rotatable bonds is 4. The molecule has 0 saturated carbocycles. The number of urea groups is 2. The van der Waals surface area contributed by atoms with Gasteiger partial charge in [-0.15, -0.1) is 0 Å². The van der Waals surface area contributed by atoms with Gasteiger partial charge in [-0.1, -0.05) is 60.7 Å². The fraction of sp³-hybridized carbons (Fsp3) is 0.417. The van der Waals surface area contributed by atoms with Crippen molar-refractivity contribution in [2.75, 3.05) is 33.2 Å². The second kappa shape index (κ2) is 7.98. The number of carbonyl (C=O) groups excluding carboxylic acids is 2. The topological polar surface area (TPSA) is 50.3 Å². The van der Waals surface area contributed by atoms with E-state index < -0.39 is 5.91 Å². The van der Waals surface area contributed by atoms with Crippen LogP contribution in [0.5, 0.6) is 0 Å². The molecule has 7 heteroatoms. The monoisotopic (exact) mass is 419 g/mol. The van der Waals surface area contributed by atoms with E-state index in [1.165, 1.54) is 4.90 Å². The number of amides is 4. The Labute approximate surface area is 183 Å². The van der Waals surface area contributed by atoms with E-state index in [0.717, 1.165) is 43.6 Å². The number of hydrogen-bond donors (Lipinski definition) is 0. The van der Waals surface area contributed by atoms with Crippen molar-refractivity contribution in [3.05, 3.63) is 71.8 Å². The van der Waals surface area contributed by atoms with Crippen LogP contribution in [-0.2, 0) is 13.1 Å². The van der Waals surface area contributed by atoms with Crippen LogP contribution in [0.1, 0.15) is 24.0 Å². The van der Waals surface area contributed by atoms with Gasteiger partial charge in [0, 0.05) is 26.2 Å². The highest BCUT2D eigenvalue weighted by Crippen LogP contribution is 2.41. The Kier molecular flexibility index (Phi) is 5.16. The van der Waals surface area contributed by atoms with E-state index in [1.54, 1.807) is 0 Å². The van der Waals surface area contributed by atoms with E-state index in [-0.39, 0.29) is 18.6 Å². The minimum absolute atomic E-state index is 0.198. The molecule has 7 nitrogen and oxygen atoms in total. The first-order chi connectivity index (χ1) is 15.1. The van der Waals surface area contributed by atoms with Crippen LogP contribution in [0.3, 0.4) is 0 Å². The minimum Gasteiger partial charge on any atom is -0.274 e. The van der Waals surface area contributed by atoms with Gasteiger partial charge in [0.25, 0.3) is 0 Å². The summed E-state index contributed by atoms with van der Waals surface area (Å²) in [4.78, 5) is 37.4. The van der Waals surface area contributed by atoms with Crippen molar-refractivity contribution in [1.29, 1.82) is 0 Å². The SMILES string of the molecule is CN1CCCN2CCCN3C(=O)N(Cc4ccccc4)C(=O)N(Cc4ccccc4)[C@@]123. The molecule has 0 N–H and O–H groups in total. The van der Waals surface area contributed by atoms with Gasteiger partial charge in [-0.2, -0.15) is 0 Å². The van der Waals surface area contributed by atoms with Crippen LogP contribution in [0, 0.1) is 0 Å². The molecule has 3 heterocycles. The van der Waals surface area contributed by atoms with E-state index in [0.29, 0.717) is 13.1 Å². The third-order valence-corrected chi connectivity index (χ3v) is 6.68. The molecule has 2 aromatic carbocycles. The number of hydrogen-bond acceptors (Lipinski definition) is 4. The zero-order valence-corrected chi connectivity index (χ0v) is 18.0. The molecule has 0 aromatic heterocycles. The normalized spacial score (nSPS) is 24.9. The van der Waals surface area contributed by atoms with Crippen LogP contribution in [0.25, 0.3) is 0 Å². The summed E-state index contributed by atoms with van der Waals surface area (Å²) in [6.07, 6.45) is 1.94. The van der Waals surface area contributed by atoms with Crippen LogP contribution in [0.4, 0.5) is 9.59 Å². The molecule has 162 valence electrons. The van der Waals surface area contributed by atoms with E-state index in [4.69, 9.17) is 0 Å². The number of nitrogens with zero attached hydrogens (tertiary/aromatic N) is 5. The van der Waals surface area contributed by atoms with Gasteiger partial charge in [0.05, 0.1) is 13.1 Å². The Morgan fingerprint density at radius 1 is 0.742 bits per heavy atom. The Hall–Kier alpha value is -2.90. The Balaban J connectivity index is 1.59. The maximum atomic E-state index is 13.9. The lowest BCUT2D eigenvalue weighted by Crippen LogP contribution is -2.86. The summed E-state index contributed by atoms with van der Waals surface area (Å²) in [5, 5.41) is 0. The van der Waals surface area contributed by atoms with Crippen molar-refractivity contribution < 1.29 is 9.59 Å². The summed E-state index contributed by atoms with van der Waals surface area (Å²) < 4.78 is 0. The lowest BCUT2D eigenvalue weighted by molar-refractivity contribution is -0.266. The number of benzene rings is 2. The molecule has 4 amide bonds. The summed E-state index contributed by atoms with van der Waals surface area (Å²) in [7, 11) is 2.04. The summed E-state index contributed by atoms with van der Waals surface area (Å²) in [5.41, 5.74) is 2.01. The zero-order chi connectivity index (χ0) is 21.4. The second-order valence-corrected chi connectivity index (χ2v) is 8.58. The maximum absolute atomic E-state index is 13.9. The second-order valence-electron chi connectivity index (χ2n) is 8.58. The summed E-state index contributed by atoms with van der Waals surface area (Å²) in [5.74, 6) is -0.840. The molecule has 0 unspecified atom stereocenters. The Morgan fingerprint density at radius 3 is 1.97 bits per heavy atom. The summed E-state index contributed by atoms with van der Waals surface area (Å²) in [6, 6.07) is 19.4. The summed E-state index contributed by atoms with van der Waals surface area (Å²) >= 11 is 0. The van der Waals surface area contributed by atoms with E-state index >= 15 is 0 Å². The van der Waals surface area contributed by atoms with Crippen molar-refractivity contribution >= 4 is 12.1 Å². The zero-order valence-electron chi connectivity index (χ0n) is 18.0. The van der Waals surface area contributed by atoms with Crippen LogP contribution in [0.2, 0.25) is 0 Å². The average molecular weight is 420 g/mol. The van der Waals surface area contributed by atoms with E-state index in [2.05, 4.69) is 9.80 Å². The third-order valence-electron chi connectivity index (χ3n) is 6.68. The number of imide groups is 1. The lowest BCUT2D eigenvalue weighted by atomic mass is 10.1. The largest absolute Gasteiger partial charge is 0.332 e. The minimum atomic E-state index is -0.840. The van der Waals surface area contributed by atoms with Gasteiger partial charge in [0.15, 0.2) is 0 Å². The first-order valence-corrected chi connectivity index (χ1v) is 11.1. The molecule has 1 atom stereocenters. The van der Waals surface area contributed by atoms with Crippen LogP contribution >= 0.6 is 0 Å². The molecule has 2 aromatic rings. The van der Waals surface area contributed by atoms with Crippen molar-refractivity contribution in [1.82, 2.24) is 24.5 Å². The predicted octanol–water partition coefficient (Wildman–Crippen LogP) is 3.20. The van der Waals surface area contributed by atoms with Gasteiger partial charge < -0.3 is 0 Å². The van der Waals surface area contributed by atoms with Gasteiger partial charge >= 0.3 is 12.1 Å². The molecular formula is C24H29N5O2. The fourth-order valence-corrected chi connectivity index (χ4v) is 5.34. The lowest BCUT2D eigenvalue weighted by Gasteiger charge is -2.66. The molecule has 0 bridgehead atoms. The fourth-order valence-electron chi connectivity index (χ4n) is 5.34. The van der Waals surface area contributed by atoms with Crippen molar-refractivity contribution in [2.45, 2.75) is 31.8 Å². The summed E-state index contributed by atoms with van der Waals surface area (Å²) in [6.45, 7) is 3.98. The Bertz CT molecular complexity index is 951. The molecule has 3 aliphatic heterocycles. The van der Waals surface area contributed by atoms with Gasteiger partial charge in [0.2, 0.25) is 5.91 Å². The van der Waals surface area contributed by atoms with Crippen molar-refractivity contribution in [2.24, 2.45) is 0 Å². The quantitative estimate of drug-likeness (QED) is 0.764. The Morgan fingerprint density at radius 2 is 1.32 bits per heavy atom. The smallest absolute Gasteiger partial charge is 0.274 e. The van der Waals surface area contributed by atoms with Crippen LogP contribution in [-0.4, -0.2) is 75.7 Å². The molecule has 0 aliphatic carbocycles. The molecule has 5 rings (SSSR count). The molecule has 0 radical (unpaired) electrons. The maximum Gasteiger partial charge on any atom is 0.332 e. The molecule has 3 fully saturated rings. The number of carbonyl (C=O) groups is 2. The van der Waals surface area contributed by atoms with Gasteiger partial charge in [0.1, 0.15) is 0 Å². The highest BCUT2D eigenvalue weighted by Gasteiger charge is 2.62. The molecule has 1 spiro atoms. The predicted molar refractivity (Wildman–Crippen MR) is 118 cm³/mol. The first-order valence-electron chi connectivity index (χ1n) is 11.1. The van der Waals surface area contributed by atoms with Crippen LogP contribution < -0.4 is 0 Å². The molecule has 31 heavy (non-hydrogen) atoms. The molecule has 3 aliphatic rings. The first kappa shape index (κ1) is 20.0. The van der Waals surface area contributed by atoms with Gasteiger partial charge in [-0.05, 0) is 31.0 Å². The third kappa shape index (κ3) is 3.20. The molecule has 3 saturated heterocycles. The van der Waals surface area contributed by atoms with E-state index in [9.17, 15) is 9.59 Å². The van der Waals surface area contributed by atoms with Gasteiger partial charge in [-0.25, -0.2) is 19.4 Å². The van der Waals surface area contributed by atoms with Crippen LogP contribution in [0.15, 0.2) is 60.7 Å². The molecular weight excluding hydrogens is 390 g/mol. The van der Waals surface area contributed by atoms with Crippen molar-refractivity contribution in [3.63, 3.8) is 0 Å². The highest BCUT2D eigenvalue weighted by molar-refractivity contribution is 5.96. The highest BCUT2D eigenvalue weighted by atomic mass is 16.2. The van der Waals surface area contributed by atoms with Crippen molar-refractivity contribution in [3.8, 4) is 0 Å². The average Bonchev–Trinajstić information content (AvgIpc) is 2.81. The standard InChI is InChI=1S/C24H29N5O2/c1-25-14-8-15-26-16-9-17-28-22(30)27(18-20-10-4-2-5-11-20)23(31)29(24(25,26)28)19-21-12-6-3-7-13-21/h2-7,10-13H,8-9,14-19H2,1H3/t24-/m0/s1. The van der Waals surface area contributed by atoms with E-state index in [1.807, 2.05) is 77.5 Å².